The van der Waals surface area contributed by atoms with Crippen LogP contribution in [0.3, 0.4) is 0 Å². The van der Waals surface area contributed by atoms with Crippen LogP contribution in [0, 0.1) is 5.92 Å². The number of imide groups is 1. The molecule has 0 bridgehead atoms. The van der Waals surface area contributed by atoms with Crippen LogP contribution in [0.2, 0.25) is 0 Å². The van der Waals surface area contributed by atoms with Crippen molar-refractivity contribution >= 4 is 17.7 Å². The van der Waals surface area contributed by atoms with E-state index in [4.69, 9.17) is 5.73 Å². The molecule has 0 aromatic heterocycles. The monoisotopic (exact) mass is 382 g/mol. The Morgan fingerprint density at radius 3 is 2.79 bits per heavy atom. The molecule has 1 saturated carbocycles. The zero-order valence-electron chi connectivity index (χ0n) is 15.9. The topological polar surface area (TPSA) is 95.7 Å². The van der Waals surface area contributed by atoms with Crippen LogP contribution >= 0.6 is 0 Å². The van der Waals surface area contributed by atoms with Crippen LogP contribution in [0.1, 0.15) is 53.6 Å². The maximum atomic E-state index is 13.0. The zero-order chi connectivity index (χ0) is 19.4. The van der Waals surface area contributed by atoms with Crippen LogP contribution in [-0.2, 0) is 22.7 Å². The van der Waals surface area contributed by atoms with Gasteiger partial charge in [-0.2, -0.15) is 0 Å². The Morgan fingerprint density at radius 2 is 1.96 bits per heavy atom. The Kier molecular flexibility index (Phi) is 4.25. The fourth-order valence-corrected chi connectivity index (χ4v) is 5.66. The molecule has 4 atom stereocenters. The van der Waals surface area contributed by atoms with Crippen molar-refractivity contribution < 1.29 is 14.4 Å². The molecule has 7 nitrogen and oxygen atoms in total. The first kappa shape index (κ1) is 17.8. The van der Waals surface area contributed by atoms with Gasteiger partial charge in [0.25, 0.3) is 5.91 Å². The van der Waals surface area contributed by atoms with Crippen molar-refractivity contribution in [1.29, 1.82) is 0 Å². The summed E-state index contributed by atoms with van der Waals surface area (Å²) in [6.45, 7) is 2.29. The standard InChI is InChI=1S/C21H26N4O3/c22-16-5-4-12-8-9-24(19(12)16)10-13-2-1-3-14-15(13)11-25(21(14)28)17-6-7-18(26)23-20(17)27/h1-3,12,16-17,19H,4-11,22H2,(H,23,26,27)/t12-,16+,17?,19+/m0/s1. The summed E-state index contributed by atoms with van der Waals surface area (Å²) in [6.07, 6.45) is 4.19. The van der Waals surface area contributed by atoms with Crippen molar-refractivity contribution in [1.82, 2.24) is 15.1 Å². The summed E-state index contributed by atoms with van der Waals surface area (Å²) in [5.74, 6) is -0.0302. The van der Waals surface area contributed by atoms with E-state index in [2.05, 4.69) is 16.3 Å². The molecule has 3 fully saturated rings. The molecule has 0 spiro atoms. The minimum Gasteiger partial charge on any atom is -0.326 e. The van der Waals surface area contributed by atoms with Gasteiger partial charge in [-0.1, -0.05) is 12.1 Å². The molecule has 28 heavy (non-hydrogen) atoms. The van der Waals surface area contributed by atoms with Gasteiger partial charge in [0.1, 0.15) is 6.04 Å². The molecule has 1 aromatic rings. The summed E-state index contributed by atoms with van der Waals surface area (Å²) in [5.41, 5.74) is 9.23. The van der Waals surface area contributed by atoms with E-state index in [0.29, 0.717) is 30.5 Å². The molecule has 3 amide bonds. The number of nitrogens with one attached hydrogen (secondary N) is 1. The van der Waals surface area contributed by atoms with E-state index < -0.39 is 6.04 Å². The predicted molar refractivity (Wildman–Crippen MR) is 102 cm³/mol. The van der Waals surface area contributed by atoms with Gasteiger partial charge in [0.05, 0.1) is 0 Å². The normalized spacial score (nSPS) is 32.6. The quantitative estimate of drug-likeness (QED) is 0.753. The van der Waals surface area contributed by atoms with Gasteiger partial charge in [-0.05, 0) is 55.3 Å². The molecule has 0 radical (unpaired) electrons. The lowest BCUT2D eigenvalue weighted by Gasteiger charge is -2.30. The second-order valence-corrected chi connectivity index (χ2v) is 8.59. The molecule has 1 unspecified atom stereocenters. The molecule has 3 heterocycles. The molecule has 3 aliphatic heterocycles. The molecule has 7 heteroatoms. The lowest BCUT2D eigenvalue weighted by Crippen LogP contribution is -2.52. The number of piperidine rings is 1. The molecule has 4 aliphatic rings. The number of hydrogen-bond donors (Lipinski definition) is 2. The third-order valence-electron chi connectivity index (χ3n) is 7.05. The Bertz CT molecular complexity index is 854. The fraction of sp³-hybridized carbons (Fsp3) is 0.571. The first-order valence-corrected chi connectivity index (χ1v) is 10.3. The van der Waals surface area contributed by atoms with Crippen LogP contribution in [0.25, 0.3) is 0 Å². The van der Waals surface area contributed by atoms with E-state index in [0.717, 1.165) is 30.6 Å². The second-order valence-electron chi connectivity index (χ2n) is 8.59. The second kappa shape index (κ2) is 6.67. The summed E-state index contributed by atoms with van der Waals surface area (Å²) < 4.78 is 0. The SMILES string of the molecule is N[C@@H]1CC[C@H]2CCN(Cc3cccc4c3CN(C3CCC(=O)NC3=O)C4=O)[C@H]21. The van der Waals surface area contributed by atoms with E-state index in [-0.39, 0.29) is 30.2 Å². The largest absolute Gasteiger partial charge is 0.326 e. The van der Waals surface area contributed by atoms with E-state index >= 15 is 0 Å². The zero-order valence-corrected chi connectivity index (χ0v) is 15.9. The number of rotatable bonds is 3. The maximum Gasteiger partial charge on any atom is 0.255 e. The summed E-state index contributed by atoms with van der Waals surface area (Å²) in [4.78, 5) is 40.8. The third-order valence-corrected chi connectivity index (χ3v) is 7.05. The van der Waals surface area contributed by atoms with Crippen LogP contribution < -0.4 is 11.1 Å². The lowest BCUT2D eigenvalue weighted by atomic mass is 10.0. The number of hydrogen-bond acceptors (Lipinski definition) is 5. The number of nitrogens with zero attached hydrogens (tertiary/aromatic N) is 2. The van der Waals surface area contributed by atoms with Gasteiger partial charge in [0, 0.05) is 37.2 Å². The Balaban J connectivity index is 1.38. The molecule has 148 valence electrons. The number of benzene rings is 1. The van der Waals surface area contributed by atoms with Crippen LogP contribution in [-0.4, -0.2) is 52.2 Å². The summed E-state index contributed by atoms with van der Waals surface area (Å²) in [7, 11) is 0. The van der Waals surface area contributed by atoms with Crippen molar-refractivity contribution in [3.63, 3.8) is 0 Å². The van der Waals surface area contributed by atoms with E-state index in [1.54, 1.807) is 4.90 Å². The summed E-state index contributed by atoms with van der Waals surface area (Å²) in [6, 6.07) is 5.99. The highest BCUT2D eigenvalue weighted by Crippen LogP contribution is 2.39. The highest BCUT2D eigenvalue weighted by Gasteiger charge is 2.43. The first-order chi connectivity index (χ1) is 13.5. The molecular formula is C21H26N4O3. The lowest BCUT2D eigenvalue weighted by molar-refractivity contribution is -0.136. The van der Waals surface area contributed by atoms with Crippen LogP contribution in [0.5, 0.6) is 0 Å². The number of nitrogens with two attached hydrogens (primary N) is 1. The molecule has 1 aromatic carbocycles. The van der Waals surface area contributed by atoms with Crippen LogP contribution in [0.15, 0.2) is 18.2 Å². The first-order valence-electron chi connectivity index (χ1n) is 10.3. The summed E-state index contributed by atoms with van der Waals surface area (Å²) in [5, 5.41) is 2.36. The van der Waals surface area contributed by atoms with E-state index in [1.807, 2.05) is 12.1 Å². The van der Waals surface area contributed by atoms with Crippen molar-refractivity contribution in [3.8, 4) is 0 Å². The van der Waals surface area contributed by atoms with Gasteiger partial charge >= 0.3 is 0 Å². The molecular weight excluding hydrogens is 356 g/mol. The van der Waals surface area contributed by atoms with Gasteiger partial charge in [-0.25, -0.2) is 0 Å². The van der Waals surface area contributed by atoms with Gasteiger partial charge < -0.3 is 10.6 Å². The minimum atomic E-state index is -0.565. The Labute approximate surface area is 164 Å². The van der Waals surface area contributed by atoms with Gasteiger partial charge in [-0.15, -0.1) is 0 Å². The Morgan fingerprint density at radius 1 is 1.11 bits per heavy atom. The predicted octanol–water partition coefficient (Wildman–Crippen LogP) is 0.759. The fourth-order valence-electron chi connectivity index (χ4n) is 5.66. The van der Waals surface area contributed by atoms with Gasteiger partial charge in [0.2, 0.25) is 11.8 Å². The summed E-state index contributed by atoms with van der Waals surface area (Å²) >= 11 is 0. The maximum absolute atomic E-state index is 13.0. The molecule has 5 rings (SSSR count). The van der Waals surface area contributed by atoms with E-state index in [1.165, 1.54) is 12.8 Å². The molecule has 1 aliphatic carbocycles. The highest BCUT2D eigenvalue weighted by molar-refractivity contribution is 6.05. The van der Waals surface area contributed by atoms with Crippen LogP contribution in [0.4, 0.5) is 0 Å². The van der Waals surface area contributed by atoms with Gasteiger partial charge in [-0.3, -0.25) is 24.6 Å². The Hall–Kier alpha value is -2.25. The average molecular weight is 382 g/mol. The number of carbonyl (C=O) groups excluding carboxylic acids is 3. The van der Waals surface area contributed by atoms with Crippen molar-refractivity contribution in [2.45, 2.75) is 63.3 Å². The van der Waals surface area contributed by atoms with E-state index in [9.17, 15) is 14.4 Å². The number of fused-ring (bicyclic) bond motifs is 2. The number of amides is 3. The number of likely N-dealkylation sites (tertiary alicyclic amines) is 1. The minimum absolute atomic E-state index is 0.108. The van der Waals surface area contributed by atoms with Crippen molar-refractivity contribution in [3.05, 3.63) is 34.9 Å². The molecule has 3 N–H and O–H groups in total. The highest BCUT2D eigenvalue weighted by atomic mass is 16.2. The smallest absolute Gasteiger partial charge is 0.255 e. The van der Waals surface area contributed by atoms with Gasteiger partial charge in [0.15, 0.2) is 0 Å². The van der Waals surface area contributed by atoms with Crippen molar-refractivity contribution in [2.75, 3.05) is 6.54 Å². The van der Waals surface area contributed by atoms with Crippen molar-refractivity contribution in [2.24, 2.45) is 11.7 Å². The third kappa shape index (κ3) is 2.76. The number of carbonyl (C=O) groups is 3. The molecule has 2 saturated heterocycles. The average Bonchev–Trinajstić information content (AvgIpc) is 3.33.